The van der Waals surface area contributed by atoms with Crippen LogP contribution in [-0.4, -0.2) is 39.0 Å². The fourth-order valence-electron chi connectivity index (χ4n) is 3.60. The zero-order valence-corrected chi connectivity index (χ0v) is 18.1. The van der Waals surface area contributed by atoms with Crippen LogP contribution in [0.5, 0.6) is 11.5 Å². The van der Waals surface area contributed by atoms with Gasteiger partial charge in [-0.25, -0.2) is 13.2 Å². The predicted molar refractivity (Wildman–Crippen MR) is 116 cm³/mol. The van der Waals surface area contributed by atoms with Crippen molar-refractivity contribution in [3.63, 3.8) is 0 Å². The Morgan fingerprint density at radius 1 is 0.968 bits per heavy atom. The number of sulfonamides is 1. The first-order chi connectivity index (χ1) is 14.8. The van der Waals surface area contributed by atoms with Crippen molar-refractivity contribution in [1.82, 2.24) is 4.31 Å². The molecule has 2 aromatic carbocycles. The molecule has 7 nitrogen and oxygen atoms in total. The van der Waals surface area contributed by atoms with E-state index in [2.05, 4.69) is 0 Å². The quantitative estimate of drug-likeness (QED) is 0.582. The number of hydrogen-bond acceptors (Lipinski definition) is 6. The number of benzene rings is 2. The van der Waals surface area contributed by atoms with E-state index in [0.29, 0.717) is 24.5 Å². The minimum absolute atomic E-state index is 0.224. The van der Waals surface area contributed by atoms with Crippen molar-refractivity contribution in [2.45, 2.75) is 24.3 Å². The molecule has 1 fully saturated rings. The molecule has 0 amide bonds. The molecule has 0 N–H and O–H groups in total. The second kappa shape index (κ2) is 8.56. The number of rotatable bonds is 6. The average molecular weight is 442 g/mol. The SMILES string of the molecule is COc1ccc(-c2ccc(S(=O)(=O)N3CCC(Oc4cc(C)oc(=O)c4)C3)cc2)cc1. The van der Waals surface area contributed by atoms with E-state index < -0.39 is 15.6 Å². The van der Waals surface area contributed by atoms with E-state index in [-0.39, 0.29) is 17.5 Å². The largest absolute Gasteiger partial charge is 0.497 e. The molecule has 162 valence electrons. The Hall–Kier alpha value is -3.10. The maximum absolute atomic E-state index is 13.1. The summed E-state index contributed by atoms with van der Waals surface area (Å²) in [6.45, 7) is 2.24. The van der Waals surface area contributed by atoms with Crippen molar-refractivity contribution in [3.8, 4) is 22.6 Å². The highest BCUT2D eigenvalue weighted by Gasteiger charge is 2.33. The van der Waals surface area contributed by atoms with E-state index in [4.69, 9.17) is 13.9 Å². The summed E-state index contributed by atoms with van der Waals surface area (Å²) < 4.78 is 43.4. The van der Waals surface area contributed by atoms with Crippen LogP contribution in [-0.2, 0) is 10.0 Å². The van der Waals surface area contributed by atoms with Gasteiger partial charge in [0.25, 0.3) is 0 Å². The minimum atomic E-state index is -3.64. The van der Waals surface area contributed by atoms with Gasteiger partial charge in [0.05, 0.1) is 24.6 Å². The molecule has 0 spiro atoms. The molecule has 1 atom stereocenters. The molecular weight excluding hydrogens is 418 g/mol. The normalized spacial score (nSPS) is 16.9. The van der Waals surface area contributed by atoms with Crippen LogP contribution in [0.25, 0.3) is 11.1 Å². The minimum Gasteiger partial charge on any atom is -0.497 e. The van der Waals surface area contributed by atoms with Crippen molar-refractivity contribution in [2.24, 2.45) is 0 Å². The van der Waals surface area contributed by atoms with Gasteiger partial charge in [-0.2, -0.15) is 4.31 Å². The number of hydrogen-bond donors (Lipinski definition) is 0. The highest BCUT2D eigenvalue weighted by Crippen LogP contribution is 2.27. The molecule has 1 unspecified atom stereocenters. The molecule has 3 aromatic rings. The zero-order valence-electron chi connectivity index (χ0n) is 17.3. The van der Waals surface area contributed by atoms with Crippen LogP contribution in [0.2, 0.25) is 0 Å². The van der Waals surface area contributed by atoms with Crippen LogP contribution in [0.1, 0.15) is 12.2 Å². The Morgan fingerprint density at radius 3 is 2.23 bits per heavy atom. The van der Waals surface area contributed by atoms with E-state index in [9.17, 15) is 13.2 Å². The van der Waals surface area contributed by atoms with Gasteiger partial charge in [0.2, 0.25) is 10.0 Å². The van der Waals surface area contributed by atoms with Gasteiger partial charge in [-0.1, -0.05) is 24.3 Å². The van der Waals surface area contributed by atoms with Gasteiger partial charge < -0.3 is 13.9 Å². The molecule has 0 saturated carbocycles. The second-order valence-corrected chi connectivity index (χ2v) is 9.31. The third-order valence-corrected chi connectivity index (χ3v) is 7.07. The lowest BCUT2D eigenvalue weighted by Gasteiger charge is -2.17. The van der Waals surface area contributed by atoms with Gasteiger partial charge in [0.15, 0.2) is 0 Å². The molecule has 1 aliphatic rings. The van der Waals surface area contributed by atoms with Gasteiger partial charge >= 0.3 is 5.63 Å². The van der Waals surface area contributed by atoms with E-state index in [0.717, 1.165) is 16.9 Å². The molecule has 1 aromatic heterocycles. The average Bonchev–Trinajstić information content (AvgIpc) is 3.22. The summed E-state index contributed by atoms with van der Waals surface area (Å²) in [5, 5.41) is 0. The lowest BCUT2D eigenvalue weighted by molar-refractivity contribution is 0.213. The van der Waals surface area contributed by atoms with E-state index >= 15 is 0 Å². The number of aryl methyl sites for hydroxylation is 1. The Balaban J connectivity index is 1.46. The van der Waals surface area contributed by atoms with Crippen molar-refractivity contribution in [3.05, 3.63) is 76.8 Å². The first-order valence-electron chi connectivity index (χ1n) is 9.88. The molecule has 4 rings (SSSR count). The van der Waals surface area contributed by atoms with Crippen molar-refractivity contribution < 1.29 is 22.3 Å². The number of nitrogens with zero attached hydrogens (tertiary/aromatic N) is 1. The molecule has 0 radical (unpaired) electrons. The van der Waals surface area contributed by atoms with Crippen molar-refractivity contribution in [1.29, 1.82) is 0 Å². The molecule has 8 heteroatoms. The summed E-state index contributed by atoms with van der Waals surface area (Å²) in [7, 11) is -2.03. The zero-order chi connectivity index (χ0) is 22.0. The summed E-state index contributed by atoms with van der Waals surface area (Å²) in [5.74, 6) is 1.60. The Labute approximate surface area is 180 Å². The van der Waals surface area contributed by atoms with Crippen molar-refractivity contribution >= 4 is 10.0 Å². The smallest absolute Gasteiger partial charge is 0.339 e. The molecule has 1 saturated heterocycles. The first-order valence-corrected chi connectivity index (χ1v) is 11.3. The summed E-state index contributed by atoms with van der Waals surface area (Å²) in [6, 6.07) is 17.3. The highest BCUT2D eigenvalue weighted by atomic mass is 32.2. The van der Waals surface area contributed by atoms with Crippen molar-refractivity contribution in [2.75, 3.05) is 20.2 Å². The lowest BCUT2D eigenvalue weighted by atomic mass is 10.1. The standard InChI is InChI=1S/C23H23NO6S/c1-16-13-21(14-23(25)29-16)30-20-11-12-24(15-20)31(26,27)22-9-5-18(6-10-22)17-3-7-19(28-2)8-4-17/h3-10,13-14,20H,11-12,15H2,1-2H3. The maximum Gasteiger partial charge on any atom is 0.339 e. The molecular formula is C23H23NO6S. The molecule has 0 aliphatic carbocycles. The summed E-state index contributed by atoms with van der Waals surface area (Å²) >= 11 is 0. The Bertz CT molecular complexity index is 1220. The van der Waals surface area contributed by atoms with Gasteiger partial charge in [-0.3, -0.25) is 0 Å². The Morgan fingerprint density at radius 2 is 1.61 bits per heavy atom. The second-order valence-electron chi connectivity index (χ2n) is 7.37. The van der Waals surface area contributed by atoms with Crippen LogP contribution >= 0.6 is 0 Å². The summed E-state index contributed by atoms with van der Waals surface area (Å²) in [4.78, 5) is 11.7. The summed E-state index contributed by atoms with van der Waals surface area (Å²) in [5.41, 5.74) is 1.40. The van der Waals surface area contributed by atoms with Crippen LogP contribution < -0.4 is 15.1 Å². The van der Waals surface area contributed by atoms with Gasteiger partial charge in [0, 0.05) is 12.6 Å². The van der Waals surface area contributed by atoms with Crippen LogP contribution in [0.3, 0.4) is 0 Å². The predicted octanol–water partition coefficient (Wildman–Crippen LogP) is 3.47. The topological polar surface area (TPSA) is 86.1 Å². The van der Waals surface area contributed by atoms with Crippen LogP contribution in [0, 0.1) is 6.92 Å². The van der Waals surface area contributed by atoms with E-state index in [1.54, 1.807) is 44.4 Å². The summed E-state index contributed by atoms with van der Waals surface area (Å²) in [6.07, 6.45) is 0.220. The Kier molecular flexibility index (Phi) is 5.84. The van der Waals surface area contributed by atoms with Gasteiger partial charge in [0.1, 0.15) is 23.4 Å². The fourth-order valence-corrected chi connectivity index (χ4v) is 5.09. The van der Waals surface area contributed by atoms with Crippen LogP contribution in [0.15, 0.2) is 74.8 Å². The van der Waals surface area contributed by atoms with Crippen LogP contribution in [0.4, 0.5) is 0 Å². The number of methoxy groups -OCH3 is 1. The highest BCUT2D eigenvalue weighted by molar-refractivity contribution is 7.89. The maximum atomic E-state index is 13.1. The number of ether oxygens (including phenoxy) is 2. The lowest BCUT2D eigenvalue weighted by Crippen LogP contribution is -2.31. The van der Waals surface area contributed by atoms with E-state index in [1.165, 1.54) is 10.4 Å². The molecule has 1 aliphatic heterocycles. The first kappa shape index (κ1) is 21.1. The monoisotopic (exact) mass is 441 g/mol. The molecule has 0 bridgehead atoms. The molecule has 31 heavy (non-hydrogen) atoms. The third-order valence-electron chi connectivity index (χ3n) is 5.19. The fraction of sp³-hybridized carbons (Fsp3) is 0.261. The molecule has 2 heterocycles. The van der Waals surface area contributed by atoms with Gasteiger partial charge in [-0.05, 0) is 48.7 Å². The van der Waals surface area contributed by atoms with E-state index in [1.807, 2.05) is 24.3 Å². The van der Waals surface area contributed by atoms with Gasteiger partial charge in [-0.15, -0.1) is 0 Å². The third kappa shape index (κ3) is 4.65.